The fourth-order valence-electron chi connectivity index (χ4n) is 1.79. The van der Waals surface area contributed by atoms with Gasteiger partial charge in [0.2, 0.25) is 0 Å². The van der Waals surface area contributed by atoms with E-state index >= 15 is 0 Å². The third kappa shape index (κ3) is 4.66. The highest BCUT2D eigenvalue weighted by Crippen LogP contribution is 2.22. The second-order valence-corrected chi connectivity index (χ2v) is 5.29. The maximum absolute atomic E-state index is 11.8. The van der Waals surface area contributed by atoms with E-state index in [1.54, 1.807) is 36.4 Å². The van der Waals surface area contributed by atoms with Gasteiger partial charge in [0.1, 0.15) is 5.75 Å². The molecule has 0 saturated heterocycles. The summed E-state index contributed by atoms with van der Waals surface area (Å²) in [7, 11) is 0. The molecule has 0 radical (unpaired) electrons. The number of nitrogens with one attached hydrogen (secondary N) is 1. The topological polar surface area (TPSA) is 38.3 Å². The van der Waals surface area contributed by atoms with Crippen LogP contribution in [-0.2, 0) is 11.2 Å². The normalized spacial score (nSPS) is 10.2. The van der Waals surface area contributed by atoms with E-state index in [1.807, 2.05) is 13.0 Å². The van der Waals surface area contributed by atoms with E-state index < -0.39 is 0 Å². The lowest BCUT2D eigenvalue weighted by Gasteiger charge is -2.09. The molecule has 0 aromatic heterocycles. The summed E-state index contributed by atoms with van der Waals surface area (Å²) in [5, 5.41) is 4.06. The summed E-state index contributed by atoms with van der Waals surface area (Å²) >= 11 is 11.8. The first-order valence-corrected chi connectivity index (χ1v) is 7.30. The zero-order valence-electron chi connectivity index (χ0n) is 11.5. The largest absolute Gasteiger partial charge is 0.484 e. The van der Waals surface area contributed by atoms with Crippen LogP contribution >= 0.6 is 23.2 Å². The van der Waals surface area contributed by atoms with Crippen molar-refractivity contribution in [2.75, 3.05) is 11.9 Å². The molecule has 3 nitrogen and oxygen atoms in total. The molecule has 0 saturated carbocycles. The van der Waals surface area contributed by atoms with Crippen LogP contribution in [0.15, 0.2) is 42.5 Å². The molecule has 0 spiro atoms. The summed E-state index contributed by atoms with van der Waals surface area (Å²) in [5.41, 5.74) is 1.67. The van der Waals surface area contributed by atoms with Crippen molar-refractivity contribution in [2.45, 2.75) is 13.3 Å². The highest BCUT2D eigenvalue weighted by molar-refractivity contribution is 6.31. The molecule has 0 atom stereocenters. The van der Waals surface area contributed by atoms with Crippen LogP contribution in [-0.4, -0.2) is 12.5 Å². The summed E-state index contributed by atoms with van der Waals surface area (Å²) in [4.78, 5) is 11.8. The second-order valence-electron chi connectivity index (χ2n) is 4.45. The molecule has 21 heavy (non-hydrogen) atoms. The molecule has 2 rings (SSSR count). The Labute approximate surface area is 133 Å². The van der Waals surface area contributed by atoms with Crippen molar-refractivity contribution in [3.8, 4) is 5.75 Å². The quantitative estimate of drug-likeness (QED) is 0.875. The minimum Gasteiger partial charge on any atom is -0.484 e. The van der Waals surface area contributed by atoms with E-state index in [0.717, 1.165) is 12.0 Å². The first-order chi connectivity index (χ1) is 10.1. The smallest absolute Gasteiger partial charge is 0.262 e. The van der Waals surface area contributed by atoms with Crippen molar-refractivity contribution in [3.63, 3.8) is 0 Å². The predicted molar refractivity (Wildman–Crippen MR) is 86.4 cm³/mol. The Hall–Kier alpha value is -1.71. The molecule has 0 heterocycles. The van der Waals surface area contributed by atoms with E-state index in [0.29, 0.717) is 21.5 Å². The van der Waals surface area contributed by atoms with Gasteiger partial charge in [-0.25, -0.2) is 0 Å². The number of carbonyl (C=O) groups is 1. The molecular weight excluding hydrogens is 309 g/mol. The Morgan fingerprint density at radius 3 is 2.52 bits per heavy atom. The monoisotopic (exact) mass is 323 g/mol. The highest BCUT2D eigenvalue weighted by Gasteiger charge is 2.05. The number of hydrogen-bond donors (Lipinski definition) is 1. The third-order valence-corrected chi connectivity index (χ3v) is 3.52. The number of benzene rings is 2. The van der Waals surface area contributed by atoms with Crippen LogP contribution in [0.25, 0.3) is 0 Å². The minimum atomic E-state index is -0.231. The maximum atomic E-state index is 11.8. The summed E-state index contributed by atoms with van der Waals surface area (Å²) < 4.78 is 5.46. The van der Waals surface area contributed by atoms with Crippen molar-refractivity contribution in [2.24, 2.45) is 0 Å². The van der Waals surface area contributed by atoms with Crippen LogP contribution in [0, 0.1) is 0 Å². The molecule has 0 aliphatic carbocycles. The van der Waals surface area contributed by atoms with E-state index in [2.05, 4.69) is 5.32 Å². The number of hydrogen-bond acceptors (Lipinski definition) is 2. The molecule has 2 aromatic rings. The number of carbonyl (C=O) groups excluding carboxylic acids is 1. The molecule has 110 valence electrons. The zero-order chi connectivity index (χ0) is 15.2. The van der Waals surface area contributed by atoms with Crippen molar-refractivity contribution in [1.82, 2.24) is 0 Å². The average molecular weight is 324 g/mol. The summed E-state index contributed by atoms with van der Waals surface area (Å²) in [6.07, 6.45) is 0.813. The summed E-state index contributed by atoms with van der Waals surface area (Å²) in [6, 6.07) is 12.3. The van der Waals surface area contributed by atoms with Gasteiger partial charge in [0.25, 0.3) is 5.91 Å². The maximum Gasteiger partial charge on any atom is 0.262 e. The van der Waals surface area contributed by atoms with Gasteiger partial charge in [-0.1, -0.05) is 30.1 Å². The molecular formula is C16H15Cl2NO2. The number of aryl methyl sites for hydroxylation is 1. The van der Waals surface area contributed by atoms with Crippen molar-refractivity contribution >= 4 is 34.8 Å². The lowest BCUT2D eigenvalue weighted by molar-refractivity contribution is -0.118. The van der Waals surface area contributed by atoms with Gasteiger partial charge in [0.15, 0.2) is 6.61 Å². The van der Waals surface area contributed by atoms with Crippen LogP contribution in [0.3, 0.4) is 0 Å². The van der Waals surface area contributed by atoms with Crippen molar-refractivity contribution < 1.29 is 9.53 Å². The molecule has 0 bridgehead atoms. The van der Waals surface area contributed by atoms with Crippen LogP contribution in [0.1, 0.15) is 12.5 Å². The molecule has 2 aromatic carbocycles. The molecule has 0 aliphatic heterocycles. The fraction of sp³-hybridized carbons (Fsp3) is 0.188. The summed E-state index contributed by atoms with van der Waals surface area (Å²) in [6.45, 7) is 1.95. The highest BCUT2D eigenvalue weighted by atomic mass is 35.5. The molecule has 1 N–H and O–H groups in total. The standard InChI is InChI=1S/C16H15Cl2NO2/c1-2-11-9-14(7-8-15(11)18)21-10-16(20)19-13-5-3-12(17)4-6-13/h3-9H,2,10H2,1H3,(H,19,20). The van der Waals surface area contributed by atoms with E-state index in [9.17, 15) is 4.79 Å². The predicted octanol–water partition coefficient (Wildman–Crippen LogP) is 4.57. The number of rotatable bonds is 5. The summed E-state index contributed by atoms with van der Waals surface area (Å²) in [5.74, 6) is 0.396. The van der Waals surface area contributed by atoms with Gasteiger partial charge in [0, 0.05) is 15.7 Å². The van der Waals surface area contributed by atoms with Crippen molar-refractivity contribution in [3.05, 3.63) is 58.1 Å². The molecule has 0 unspecified atom stereocenters. The Bertz CT molecular complexity index is 627. The second kappa shape index (κ2) is 7.34. The molecule has 0 aliphatic rings. The van der Waals surface area contributed by atoms with Gasteiger partial charge in [-0.3, -0.25) is 4.79 Å². The lowest BCUT2D eigenvalue weighted by Crippen LogP contribution is -2.20. The van der Waals surface area contributed by atoms with Crippen LogP contribution < -0.4 is 10.1 Å². The van der Waals surface area contributed by atoms with Gasteiger partial charge >= 0.3 is 0 Å². The number of halogens is 2. The van der Waals surface area contributed by atoms with E-state index in [-0.39, 0.29) is 12.5 Å². The Kier molecular flexibility index (Phi) is 5.48. The lowest BCUT2D eigenvalue weighted by atomic mass is 10.1. The Morgan fingerprint density at radius 2 is 1.86 bits per heavy atom. The van der Waals surface area contributed by atoms with Crippen LogP contribution in [0.5, 0.6) is 5.75 Å². The third-order valence-electron chi connectivity index (χ3n) is 2.90. The SMILES string of the molecule is CCc1cc(OCC(=O)Nc2ccc(Cl)cc2)ccc1Cl. The van der Waals surface area contributed by atoms with Gasteiger partial charge in [-0.15, -0.1) is 0 Å². The first kappa shape index (κ1) is 15.7. The van der Waals surface area contributed by atoms with Gasteiger partial charge in [-0.05, 0) is 54.4 Å². The van der Waals surface area contributed by atoms with Gasteiger partial charge in [0.05, 0.1) is 0 Å². The first-order valence-electron chi connectivity index (χ1n) is 6.55. The molecule has 1 amide bonds. The van der Waals surface area contributed by atoms with E-state index in [4.69, 9.17) is 27.9 Å². The van der Waals surface area contributed by atoms with Gasteiger partial charge in [-0.2, -0.15) is 0 Å². The van der Waals surface area contributed by atoms with Crippen LogP contribution in [0.4, 0.5) is 5.69 Å². The molecule has 5 heteroatoms. The number of anilines is 1. The van der Waals surface area contributed by atoms with Crippen molar-refractivity contribution in [1.29, 1.82) is 0 Å². The number of ether oxygens (including phenoxy) is 1. The zero-order valence-corrected chi connectivity index (χ0v) is 13.0. The average Bonchev–Trinajstić information content (AvgIpc) is 2.49. The molecule has 0 fully saturated rings. The van der Waals surface area contributed by atoms with E-state index in [1.165, 1.54) is 0 Å². The minimum absolute atomic E-state index is 0.0621. The Balaban J connectivity index is 1.90. The van der Waals surface area contributed by atoms with Crippen LogP contribution in [0.2, 0.25) is 10.0 Å². The Morgan fingerprint density at radius 1 is 1.14 bits per heavy atom. The number of amides is 1. The fourth-order valence-corrected chi connectivity index (χ4v) is 2.17. The van der Waals surface area contributed by atoms with Gasteiger partial charge < -0.3 is 10.1 Å².